The van der Waals surface area contributed by atoms with Gasteiger partial charge in [0.1, 0.15) is 0 Å². The Morgan fingerprint density at radius 2 is 1.94 bits per heavy atom. The van der Waals surface area contributed by atoms with Crippen LogP contribution < -0.4 is 5.69 Å². The number of nitrogens with one attached hydrogen (secondary N) is 1. The van der Waals surface area contributed by atoms with Crippen LogP contribution in [0.2, 0.25) is 0 Å². The summed E-state index contributed by atoms with van der Waals surface area (Å²) in [5.41, 5.74) is 4.48. The molecule has 0 radical (unpaired) electrons. The monoisotopic (exact) mass is 457 g/mol. The molecule has 1 aliphatic rings. The minimum absolute atomic E-state index is 0.130. The van der Waals surface area contributed by atoms with E-state index in [1.165, 1.54) is 0 Å². The minimum Gasteiger partial charge on any atom is -0.297 e. The van der Waals surface area contributed by atoms with Crippen molar-refractivity contribution < 1.29 is 4.79 Å². The standard InChI is InChI=1S/C25H27N7O2/c1-3-4-7-18-15-32(23-16(2)12-22(23)33)25(34)31(18)14-17-13-26-11-10-19(17)20-8-5-6-9-21(20)24-27-29-30-28-24/h5-6,8-11,13,15-16,23H,3-4,7,12,14H2,1-2H3,(H,27,28,29,30). The fraction of sp³-hybridized carbons (Fsp3) is 0.360. The van der Waals surface area contributed by atoms with E-state index in [0.29, 0.717) is 18.8 Å². The maximum absolute atomic E-state index is 13.5. The van der Waals surface area contributed by atoms with Gasteiger partial charge in [-0.2, -0.15) is 0 Å². The molecule has 3 heterocycles. The normalized spacial score (nSPS) is 17.6. The van der Waals surface area contributed by atoms with Crippen molar-refractivity contribution in [2.45, 2.75) is 52.1 Å². The average Bonchev–Trinajstić information content (AvgIpc) is 3.48. The van der Waals surface area contributed by atoms with Crippen LogP contribution in [0.5, 0.6) is 0 Å². The fourth-order valence-corrected chi connectivity index (χ4v) is 4.79. The molecule has 0 aliphatic heterocycles. The first-order chi connectivity index (χ1) is 16.6. The molecule has 34 heavy (non-hydrogen) atoms. The number of H-pyrrole nitrogens is 1. The molecule has 2 atom stereocenters. The van der Waals surface area contributed by atoms with Gasteiger partial charge in [0, 0.05) is 36.3 Å². The lowest BCUT2D eigenvalue weighted by Gasteiger charge is -2.32. The van der Waals surface area contributed by atoms with E-state index in [-0.39, 0.29) is 23.4 Å². The Hall–Kier alpha value is -3.88. The van der Waals surface area contributed by atoms with Gasteiger partial charge in [0.2, 0.25) is 0 Å². The number of rotatable bonds is 8. The van der Waals surface area contributed by atoms with Gasteiger partial charge in [0.25, 0.3) is 0 Å². The number of hydrogen-bond donors (Lipinski definition) is 1. The van der Waals surface area contributed by atoms with Crippen LogP contribution in [0.15, 0.2) is 53.7 Å². The largest absolute Gasteiger partial charge is 0.329 e. The van der Waals surface area contributed by atoms with Crippen molar-refractivity contribution in [3.63, 3.8) is 0 Å². The maximum atomic E-state index is 13.5. The molecule has 174 valence electrons. The van der Waals surface area contributed by atoms with Gasteiger partial charge in [-0.25, -0.2) is 9.89 Å². The molecule has 3 aromatic heterocycles. The topological polar surface area (TPSA) is 111 Å². The molecule has 0 bridgehead atoms. The van der Waals surface area contributed by atoms with Crippen LogP contribution in [0.25, 0.3) is 22.5 Å². The summed E-state index contributed by atoms with van der Waals surface area (Å²) in [6.45, 7) is 4.52. The summed E-state index contributed by atoms with van der Waals surface area (Å²) in [7, 11) is 0. The van der Waals surface area contributed by atoms with Crippen LogP contribution in [0.4, 0.5) is 0 Å². The van der Waals surface area contributed by atoms with Crippen LogP contribution >= 0.6 is 0 Å². The van der Waals surface area contributed by atoms with Crippen molar-refractivity contribution in [2.24, 2.45) is 5.92 Å². The number of aromatic nitrogens is 7. The lowest BCUT2D eigenvalue weighted by Crippen LogP contribution is -2.42. The van der Waals surface area contributed by atoms with Crippen LogP contribution in [-0.4, -0.2) is 40.5 Å². The minimum atomic E-state index is -0.359. The van der Waals surface area contributed by atoms with Gasteiger partial charge in [-0.05, 0) is 51.9 Å². The van der Waals surface area contributed by atoms with Gasteiger partial charge in [0.05, 0.1) is 12.6 Å². The second-order valence-electron chi connectivity index (χ2n) is 8.92. The molecule has 1 fully saturated rings. The number of hydrogen-bond acceptors (Lipinski definition) is 6. The van der Waals surface area contributed by atoms with E-state index >= 15 is 0 Å². The number of Topliss-reactive ketones (excluding diaryl/α,β-unsaturated/α-hetero) is 1. The van der Waals surface area contributed by atoms with Crippen LogP contribution in [0.1, 0.15) is 50.4 Å². The lowest BCUT2D eigenvalue weighted by molar-refractivity contribution is -0.132. The summed E-state index contributed by atoms with van der Waals surface area (Å²) in [6.07, 6.45) is 8.74. The summed E-state index contributed by atoms with van der Waals surface area (Å²) in [5.74, 6) is 0.879. The molecular weight excluding hydrogens is 430 g/mol. The molecular formula is C25H27N7O2. The molecule has 9 heteroatoms. The highest BCUT2D eigenvalue weighted by Gasteiger charge is 2.39. The van der Waals surface area contributed by atoms with Gasteiger partial charge in [-0.1, -0.05) is 44.5 Å². The zero-order valence-corrected chi connectivity index (χ0v) is 19.3. The van der Waals surface area contributed by atoms with Gasteiger partial charge < -0.3 is 0 Å². The molecule has 2 unspecified atom stereocenters. The zero-order chi connectivity index (χ0) is 23.7. The summed E-state index contributed by atoms with van der Waals surface area (Å²) >= 11 is 0. The van der Waals surface area contributed by atoms with Crippen molar-refractivity contribution in [1.82, 2.24) is 34.7 Å². The van der Waals surface area contributed by atoms with Crippen molar-refractivity contribution in [1.29, 1.82) is 0 Å². The number of ketones is 1. The summed E-state index contributed by atoms with van der Waals surface area (Å²) in [5, 5.41) is 14.3. The van der Waals surface area contributed by atoms with Gasteiger partial charge in [-0.15, -0.1) is 5.10 Å². The fourth-order valence-electron chi connectivity index (χ4n) is 4.79. The predicted octanol–water partition coefficient (Wildman–Crippen LogP) is 3.43. The zero-order valence-electron chi connectivity index (χ0n) is 19.3. The number of benzene rings is 1. The van der Waals surface area contributed by atoms with E-state index in [1.54, 1.807) is 21.5 Å². The summed E-state index contributed by atoms with van der Waals surface area (Å²) < 4.78 is 3.44. The Labute approximate surface area is 196 Å². The highest BCUT2D eigenvalue weighted by molar-refractivity contribution is 5.89. The lowest BCUT2D eigenvalue weighted by atomic mass is 9.79. The average molecular weight is 458 g/mol. The first-order valence-electron chi connectivity index (χ1n) is 11.7. The van der Waals surface area contributed by atoms with Gasteiger partial charge in [0.15, 0.2) is 11.6 Å². The Kier molecular flexibility index (Phi) is 5.91. The van der Waals surface area contributed by atoms with Crippen molar-refractivity contribution >= 4 is 5.78 Å². The van der Waals surface area contributed by atoms with Crippen molar-refractivity contribution in [2.75, 3.05) is 0 Å². The Bertz CT molecular complexity index is 1370. The summed E-state index contributed by atoms with van der Waals surface area (Å²) in [4.78, 5) is 30.1. The number of pyridine rings is 1. The van der Waals surface area contributed by atoms with Crippen LogP contribution in [0.3, 0.4) is 0 Å². The van der Waals surface area contributed by atoms with E-state index < -0.39 is 0 Å². The smallest absolute Gasteiger partial charge is 0.297 e. The number of carbonyl (C=O) groups is 1. The Morgan fingerprint density at radius 3 is 2.65 bits per heavy atom. The second-order valence-corrected chi connectivity index (χ2v) is 8.92. The third-order valence-corrected chi connectivity index (χ3v) is 6.61. The molecule has 4 aromatic rings. The highest BCUT2D eigenvalue weighted by Crippen LogP contribution is 2.35. The molecule has 5 rings (SSSR count). The van der Waals surface area contributed by atoms with Gasteiger partial charge >= 0.3 is 5.69 Å². The molecule has 0 saturated heterocycles. The Balaban J connectivity index is 1.58. The SMILES string of the molecule is CCCCc1cn(C2C(=O)CC2C)c(=O)n1Cc1cnccc1-c1ccccc1-c1nnn[nH]1. The third-order valence-electron chi connectivity index (χ3n) is 6.61. The number of aromatic amines is 1. The number of unbranched alkanes of at least 4 members (excludes halogenated alkanes) is 1. The summed E-state index contributed by atoms with van der Waals surface area (Å²) in [6, 6.07) is 9.46. The maximum Gasteiger partial charge on any atom is 0.329 e. The quantitative estimate of drug-likeness (QED) is 0.434. The third kappa shape index (κ3) is 3.87. The van der Waals surface area contributed by atoms with E-state index in [0.717, 1.165) is 47.2 Å². The molecule has 1 saturated carbocycles. The van der Waals surface area contributed by atoms with E-state index in [1.807, 2.05) is 43.5 Å². The first kappa shape index (κ1) is 21.9. The number of carbonyl (C=O) groups excluding carboxylic acids is 1. The van der Waals surface area contributed by atoms with Crippen molar-refractivity contribution in [3.05, 3.63) is 70.7 Å². The molecule has 9 nitrogen and oxygen atoms in total. The van der Waals surface area contributed by atoms with Crippen LogP contribution in [-0.2, 0) is 17.8 Å². The molecule has 0 amide bonds. The molecule has 1 aromatic carbocycles. The first-order valence-corrected chi connectivity index (χ1v) is 11.7. The number of tetrazole rings is 1. The second kappa shape index (κ2) is 9.17. The van der Waals surface area contributed by atoms with Crippen molar-refractivity contribution in [3.8, 4) is 22.5 Å². The number of nitrogens with zero attached hydrogens (tertiary/aromatic N) is 6. The Morgan fingerprint density at radius 1 is 1.12 bits per heavy atom. The molecule has 1 aliphatic carbocycles. The molecule has 1 N–H and O–H groups in total. The van der Waals surface area contributed by atoms with E-state index in [9.17, 15) is 9.59 Å². The van der Waals surface area contributed by atoms with Crippen LogP contribution in [0, 0.1) is 5.92 Å². The highest BCUT2D eigenvalue weighted by atomic mass is 16.2. The van der Waals surface area contributed by atoms with E-state index in [4.69, 9.17) is 0 Å². The van der Waals surface area contributed by atoms with E-state index in [2.05, 4.69) is 32.5 Å². The number of imidazole rings is 1. The number of aryl methyl sites for hydroxylation is 1. The van der Waals surface area contributed by atoms with Gasteiger partial charge in [-0.3, -0.25) is 18.9 Å². The predicted molar refractivity (Wildman–Crippen MR) is 127 cm³/mol. The molecule has 0 spiro atoms.